The van der Waals surface area contributed by atoms with Gasteiger partial charge in [-0.25, -0.2) is 0 Å². The molecule has 0 fully saturated rings. The Morgan fingerprint density at radius 2 is 1.80 bits per heavy atom. The Bertz CT molecular complexity index is 367. The number of benzene rings is 1. The van der Waals surface area contributed by atoms with Crippen LogP contribution in [0.4, 0.5) is 0 Å². The fourth-order valence-corrected chi connectivity index (χ4v) is 1.25. The highest BCUT2D eigenvalue weighted by molar-refractivity contribution is 6.37. The zero-order valence-electron chi connectivity index (χ0n) is 8.75. The second kappa shape index (κ2) is 5.14. The highest BCUT2D eigenvalue weighted by Gasteiger charge is 2.03. The molecule has 80 valence electrons. The minimum absolute atomic E-state index is 0.229. The fourth-order valence-electron chi connectivity index (χ4n) is 1.25. The minimum atomic E-state index is 0.229. The van der Waals surface area contributed by atoms with Gasteiger partial charge in [-0.1, -0.05) is 48.4 Å². The molecule has 0 radical (unpaired) electrons. The summed E-state index contributed by atoms with van der Waals surface area (Å²) < 4.78 is 0. The molecule has 0 unspecified atom stereocenters. The van der Waals surface area contributed by atoms with Crippen LogP contribution in [0.15, 0.2) is 34.6 Å². The quantitative estimate of drug-likeness (QED) is 0.453. The molecule has 0 aliphatic rings. The maximum absolute atomic E-state index is 8.67. The van der Waals surface area contributed by atoms with E-state index < -0.39 is 0 Å². The van der Waals surface area contributed by atoms with Crippen LogP contribution in [-0.4, -0.2) is 22.3 Å². The average Bonchev–Trinajstić information content (AvgIpc) is 2.26. The summed E-state index contributed by atoms with van der Waals surface area (Å²) in [5, 5.41) is 22.9. The van der Waals surface area contributed by atoms with Crippen molar-refractivity contribution in [3.05, 3.63) is 35.4 Å². The molecule has 4 nitrogen and oxygen atoms in total. The van der Waals surface area contributed by atoms with Crippen molar-refractivity contribution in [2.75, 3.05) is 0 Å². The van der Waals surface area contributed by atoms with Gasteiger partial charge < -0.3 is 10.4 Å². The lowest BCUT2D eigenvalue weighted by Crippen LogP contribution is -2.02. The topological polar surface area (TPSA) is 65.2 Å². The Kier molecular flexibility index (Phi) is 3.85. The van der Waals surface area contributed by atoms with Crippen molar-refractivity contribution in [2.24, 2.45) is 10.3 Å². The molecule has 1 aromatic carbocycles. The summed E-state index contributed by atoms with van der Waals surface area (Å²) >= 11 is 0. The van der Waals surface area contributed by atoms with Crippen LogP contribution in [0.1, 0.15) is 30.9 Å². The zero-order valence-corrected chi connectivity index (χ0v) is 8.75. The highest BCUT2D eigenvalue weighted by Crippen LogP contribution is 2.14. The van der Waals surface area contributed by atoms with Crippen molar-refractivity contribution in [1.82, 2.24) is 0 Å². The summed E-state index contributed by atoms with van der Waals surface area (Å²) in [6.45, 7) is 4.20. The average molecular weight is 206 g/mol. The summed E-state index contributed by atoms with van der Waals surface area (Å²) in [5.74, 6) is 0.458. The van der Waals surface area contributed by atoms with Crippen LogP contribution in [0.25, 0.3) is 0 Å². The van der Waals surface area contributed by atoms with Crippen LogP contribution in [0, 0.1) is 0 Å². The molecule has 0 atom stereocenters. The third-order valence-electron chi connectivity index (χ3n) is 2.16. The Balaban J connectivity index is 2.97. The molecule has 1 aromatic rings. The van der Waals surface area contributed by atoms with E-state index in [1.54, 1.807) is 0 Å². The van der Waals surface area contributed by atoms with Crippen molar-refractivity contribution in [3.63, 3.8) is 0 Å². The van der Waals surface area contributed by atoms with Gasteiger partial charge in [0.25, 0.3) is 0 Å². The van der Waals surface area contributed by atoms with E-state index in [0.29, 0.717) is 11.5 Å². The molecule has 1 rings (SSSR count). The molecule has 0 bridgehead atoms. The van der Waals surface area contributed by atoms with Crippen LogP contribution >= 0.6 is 0 Å². The minimum Gasteiger partial charge on any atom is -0.411 e. The Morgan fingerprint density at radius 3 is 2.20 bits per heavy atom. The lowest BCUT2D eigenvalue weighted by atomic mass is 10.0. The smallest absolute Gasteiger partial charge is 0.131 e. The van der Waals surface area contributed by atoms with Crippen molar-refractivity contribution in [1.29, 1.82) is 0 Å². The van der Waals surface area contributed by atoms with E-state index in [-0.39, 0.29) is 5.71 Å². The van der Waals surface area contributed by atoms with Gasteiger partial charge in [-0.05, 0) is 11.5 Å². The van der Waals surface area contributed by atoms with Crippen molar-refractivity contribution in [3.8, 4) is 0 Å². The van der Waals surface area contributed by atoms with Gasteiger partial charge in [0.05, 0.1) is 6.21 Å². The molecule has 4 heteroatoms. The summed E-state index contributed by atoms with van der Waals surface area (Å²) in [5.41, 5.74) is 2.14. The third kappa shape index (κ3) is 2.80. The van der Waals surface area contributed by atoms with Crippen LogP contribution < -0.4 is 0 Å². The number of oxime groups is 2. The fraction of sp³-hybridized carbons (Fsp3) is 0.273. The first-order chi connectivity index (χ1) is 7.19. The second-order valence-electron chi connectivity index (χ2n) is 3.51. The first-order valence-corrected chi connectivity index (χ1v) is 4.69. The van der Waals surface area contributed by atoms with Gasteiger partial charge in [0.15, 0.2) is 0 Å². The molecule has 0 saturated carbocycles. The predicted octanol–water partition coefficient (Wildman–Crippen LogP) is 2.45. The monoisotopic (exact) mass is 206 g/mol. The molecule has 0 saturated heterocycles. The van der Waals surface area contributed by atoms with E-state index in [1.165, 1.54) is 5.56 Å². The molecule has 0 aliphatic heterocycles. The van der Waals surface area contributed by atoms with Crippen molar-refractivity contribution in [2.45, 2.75) is 19.8 Å². The van der Waals surface area contributed by atoms with Crippen LogP contribution in [-0.2, 0) is 0 Å². The summed E-state index contributed by atoms with van der Waals surface area (Å²) in [4.78, 5) is 0. The van der Waals surface area contributed by atoms with Gasteiger partial charge in [0.2, 0.25) is 0 Å². The van der Waals surface area contributed by atoms with E-state index in [1.807, 2.05) is 24.3 Å². The van der Waals surface area contributed by atoms with E-state index >= 15 is 0 Å². The lowest BCUT2D eigenvalue weighted by molar-refractivity contribution is 0.316. The lowest BCUT2D eigenvalue weighted by Gasteiger charge is -2.05. The predicted molar refractivity (Wildman–Crippen MR) is 59.1 cm³/mol. The summed E-state index contributed by atoms with van der Waals surface area (Å²) in [7, 11) is 0. The van der Waals surface area contributed by atoms with E-state index in [9.17, 15) is 0 Å². The van der Waals surface area contributed by atoms with Crippen molar-refractivity contribution >= 4 is 11.9 Å². The van der Waals surface area contributed by atoms with E-state index in [0.717, 1.165) is 6.21 Å². The van der Waals surface area contributed by atoms with Crippen LogP contribution in [0.3, 0.4) is 0 Å². The molecular formula is C11H14N2O2. The first kappa shape index (κ1) is 11.2. The summed E-state index contributed by atoms with van der Waals surface area (Å²) in [6.07, 6.45) is 1.09. The molecule has 0 heterocycles. The molecule has 15 heavy (non-hydrogen) atoms. The largest absolute Gasteiger partial charge is 0.411 e. The van der Waals surface area contributed by atoms with Crippen LogP contribution in [0.5, 0.6) is 0 Å². The van der Waals surface area contributed by atoms with Crippen LogP contribution in [0.2, 0.25) is 0 Å². The summed E-state index contributed by atoms with van der Waals surface area (Å²) in [6, 6.07) is 7.56. The maximum Gasteiger partial charge on any atom is 0.131 e. The molecule has 0 amide bonds. The normalized spacial score (nSPS) is 12.6. The number of hydrogen-bond acceptors (Lipinski definition) is 4. The van der Waals surface area contributed by atoms with Gasteiger partial charge in [-0.2, -0.15) is 0 Å². The first-order valence-electron chi connectivity index (χ1n) is 4.69. The van der Waals surface area contributed by atoms with E-state index in [4.69, 9.17) is 10.4 Å². The molecule has 0 aliphatic carbocycles. The molecule has 2 N–H and O–H groups in total. The Labute approximate surface area is 88.5 Å². The SMILES string of the molecule is CC(C)c1ccc(C(/C=N/O)=N\O)cc1. The highest BCUT2D eigenvalue weighted by atomic mass is 16.4. The Morgan fingerprint density at radius 1 is 1.20 bits per heavy atom. The van der Waals surface area contributed by atoms with E-state index in [2.05, 4.69) is 24.2 Å². The zero-order chi connectivity index (χ0) is 11.3. The number of hydrogen-bond donors (Lipinski definition) is 2. The standard InChI is InChI=1S/C11H14N2O2/c1-8(2)9-3-5-10(6-4-9)11(13-15)7-12-14/h3-8,14-15H,1-2H3/b12-7+,13-11-. The van der Waals surface area contributed by atoms with Crippen molar-refractivity contribution < 1.29 is 10.4 Å². The molecule has 0 aromatic heterocycles. The molecule has 0 spiro atoms. The second-order valence-corrected chi connectivity index (χ2v) is 3.51. The maximum atomic E-state index is 8.67. The van der Waals surface area contributed by atoms with Gasteiger partial charge >= 0.3 is 0 Å². The number of nitrogens with zero attached hydrogens (tertiary/aromatic N) is 2. The number of rotatable bonds is 3. The Hall–Kier alpha value is -1.84. The third-order valence-corrected chi connectivity index (χ3v) is 2.16. The van der Waals surface area contributed by atoms with Gasteiger partial charge in [-0.3, -0.25) is 0 Å². The van der Waals surface area contributed by atoms with Gasteiger partial charge in [0, 0.05) is 5.56 Å². The van der Waals surface area contributed by atoms with Gasteiger partial charge in [0.1, 0.15) is 5.71 Å². The van der Waals surface area contributed by atoms with Gasteiger partial charge in [-0.15, -0.1) is 0 Å². The molecular weight excluding hydrogens is 192 g/mol.